The summed E-state index contributed by atoms with van der Waals surface area (Å²) in [5.74, 6) is 0.197. The van der Waals surface area contributed by atoms with Gasteiger partial charge in [-0.2, -0.15) is 9.61 Å². The van der Waals surface area contributed by atoms with Gasteiger partial charge < -0.3 is 10.1 Å². The van der Waals surface area contributed by atoms with E-state index in [9.17, 15) is 9.59 Å². The third kappa shape index (κ3) is 4.86. The summed E-state index contributed by atoms with van der Waals surface area (Å²) >= 11 is 1.30. The molecule has 0 saturated heterocycles. The number of anilines is 1. The molecule has 0 atom stereocenters. The first kappa shape index (κ1) is 20.5. The number of ether oxygens (including phenoxy) is 1. The van der Waals surface area contributed by atoms with E-state index in [1.54, 1.807) is 60.2 Å². The molecule has 1 amide bonds. The monoisotopic (exact) mass is 434 g/mol. The molecule has 0 saturated carbocycles. The molecular weight excluding hydrogens is 416 g/mol. The number of nitrogens with one attached hydrogen (secondary N) is 1. The average molecular weight is 434 g/mol. The Bertz CT molecular complexity index is 1210. The van der Waals surface area contributed by atoms with Crippen molar-refractivity contribution in [2.24, 2.45) is 0 Å². The maximum Gasteiger partial charge on any atom is 0.338 e. The molecule has 1 N–H and O–H groups in total. The Morgan fingerprint density at radius 2 is 1.81 bits per heavy atom. The van der Waals surface area contributed by atoms with E-state index in [0.29, 0.717) is 34.4 Å². The van der Waals surface area contributed by atoms with Gasteiger partial charge in [0.15, 0.2) is 11.5 Å². The lowest BCUT2D eigenvalue weighted by Crippen LogP contribution is -2.14. The lowest BCUT2D eigenvalue weighted by Gasteiger charge is -2.07. The maximum atomic E-state index is 12.3. The number of thioether (sulfide) groups is 1. The number of carbonyl (C=O) groups excluding carboxylic acids is 2. The van der Waals surface area contributed by atoms with Crippen LogP contribution in [0.4, 0.5) is 5.69 Å². The number of fused-ring (bicyclic) bond motifs is 1. The molecule has 3 heterocycles. The number of pyridine rings is 1. The van der Waals surface area contributed by atoms with Crippen molar-refractivity contribution in [1.29, 1.82) is 0 Å². The minimum atomic E-state index is -0.391. The van der Waals surface area contributed by atoms with E-state index in [4.69, 9.17) is 4.74 Å². The van der Waals surface area contributed by atoms with Gasteiger partial charge in [0.2, 0.25) is 5.91 Å². The highest BCUT2D eigenvalue weighted by molar-refractivity contribution is 7.99. The largest absolute Gasteiger partial charge is 0.462 e. The number of hydrogen-bond donors (Lipinski definition) is 1. The molecular formula is C21H18N6O3S. The van der Waals surface area contributed by atoms with Crippen molar-refractivity contribution >= 4 is 35.0 Å². The number of benzene rings is 1. The molecule has 3 aromatic heterocycles. The molecule has 31 heavy (non-hydrogen) atoms. The van der Waals surface area contributed by atoms with Crippen molar-refractivity contribution in [2.75, 3.05) is 17.7 Å². The van der Waals surface area contributed by atoms with Crippen LogP contribution in [-0.4, -0.2) is 49.0 Å². The summed E-state index contributed by atoms with van der Waals surface area (Å²) in [6.45, 7) is 2.06. The molecule has 0 spiro atoms. The van der Waals surface area contributed by atoms with Crippen LogP contribution in [0.1, 0.15) is 17.3 Å². The van der Waals surface area contributed by atoms with Gasteiger partial charge in [0.25, 0.3) is 0 Å². The van der Waals surface area contributed by atoms with E-state index in [2.05, 4.69) is 25.6 Å². The molecule has 156 valence electrons. The van der Waals surface area contributed by atoms with Crippen molar-refractivity contribution in [3.8, 4) is 11.4 Å². The van der Waals surface area contributed by atoms with E-state index >= 15 is 0 Å². The number of amides is 1. The van der Waals surface area contributed by atoms with Crippen LogP contribution < -0.4 is 5.32 Å². The maximum absolute atomic E-state index is 12.3. The minimum absolute atomic E-state index is 0.171. The van der Waals surface area contributed by atoms with Gasteiger partial charge in [0.05, 0.1) is 17.9 Å². The van der Waals surface area contributed by atoms with Crippen molar-refractivity contribution in [3.05, 3.63) is 66.5 Å². The number of nitrogens with zero attached hydrogens (tertiary/aromatic N) is 5. The number of hydrogen-bond acceptors (Lipinski definition) is 8. The molecule has 0 radical (unpaired) electrons. The van der Waals surface area contributed by atoms with Crippen LogP contribution >= 0.6 is 11.8 Å². The first-order chi connectivity index (χ1) is 15.1. The highest BCUT2D eigenvalue weighted by atomic mass is 32.2. The molecule has 0 aliphatic carbocycles. The Morgan fingerprint density at radius 1 is 1.03 bits per heavy atom. The molecule has 9 nitrogen and oxygen atoms in total. The Balaban J connectivity index is 1.40. The molecule has 0 aliphatic heterocycles. The first-order valence-corrected chi connectivity index (χ1v) is 10.5. The van der Waals surface area contributed by atoms with Gasteiger partial charge in [0, 0.05) is 23.6 Å². The van der Waals surface area contributed by atoms with E-state index in [0.717, 1.165) is 5.56 Å². The summed E-state index contributed by atoms with van der Waals surface area (Å²) in [4.78, 5) is 28.0. The molecule has 4 rings (SSSR count). The normalized spacial score (nSPS) is 10.7. The number of esters is 1. The zero-order valence-corrected chi connectivity index (χ0v) is 17.4. The standard InChI is InChI=1S/C21H18N6O3S/c1-2-30-21(29)15-3-5-16(6-4-15)23-18(28)13-31-19-8-7-17-24-25-20(27(17)26-19)14-9-11-22-12-10-14/h3-12H,2,13H2,1H3,(H,23,28). The lowest BCUT2D eigenvalue weighted by atomic mass is 10.2. The minimum Gasteiger partial charge on any atom is -0.462 e. The molecule has 1 aromatic carbocycles. The average Bonchev–Trinajstić information content (AvgIpc) is 3.22. The van der Waals surface area contributed by atoms with Crippen molar-refractivity contribution in [1.82, 2.24) is 24.8 Å². The first-order valence-electron chi connectivity index (χ1n) is 9.47. The van der Waals surface area contributed by atoms with E-state index < -0.39 is 5.97 Å². The second-order valence-corrected chi connectivity index (χ2v) is 7.33. The topological polar surface area (TPSA) is 111 Å². The molecule has 0 bridgehead atoms. The molecule has 0 unspecified atom stereocenters. The van der Waals surface area contributed by atoms with Crippen LogP contribution in [0.2, 0.25) is 0 Å². The summed E-state index contributed by atoms with van der Waals surface area (Å²) < 4.78 is 6.59. The summed E-state index contributed by atoms with van der Waals surface area (Å²) in [5.41, 5.74) is 2.50. The van der Waals surface area contributed by atoms with Crippen LogP contribution in [0.5, 0.6) is 0 Å². The Morgan fingerprint density at radius 3 is 2.55 bits per heavy atom. The second kappa shape index (κ2) is 9.35. The van der Waals surface area contributed by atoms with Gasteiger partial charge >= 0.3 is 5.97 Å². The van der Waals surface area contributed by atoms with Crippen LogP contribution in [0, 0.1) is 0 Å². The molecule has 0 fully saturated rings. The Hall–Kier alpha value is -3.79. The summed E-state index contributed by atoms with van der Waals surface area (Å²) in [5, 5.41) is 16.3. The number of rotatable bonds is 7. The summed E-state index contributed by atoms with van der Waals surface area (Å²) in [6, 6.07) is 13.8. The van der Waals surface area contributed by atoms with E-state index in [1.807, 2.05) is 12.1 Å². The van der Waals surface area contributed by atoms with Crippen LogP contribution in [0.3, 0.4) is 0 Å². The highest BCUT2D eigenvalue weighted by Gasteiger charge is 2.12. The van der Waals surface area contributed by atoms with E-state index in [1.165, 1.54) is 11.8 Å². The zero-order chi connectivity index (χ0) is 21.6. The predicted molar refractivity (Wildman–Crippen MR) is 116 cm³/mol. The van der Waals surface area contributed by atoms with Gasteiger partial charge in [0.1, 0.15) is 5.03 Å². The second-order valence-electron chi connectivity index (χ2n) is 6.34. The van der Waals surface area contributed by atoms with Crippen LogP contribution in [0.25, 0.3) is 17.0 Å². The van der Waals surface area contributed by atoms with Crippen molar-refractivity contribution in [3.63, 3.8) is 0 Å². The zero-order valence-electron chi connectivity index (χ0n) is 16.6. The van der Waals surface area contributed by atoms with Crippen molar-refractivity contribution < 1.29 is 14.3 Å². The summed E-state index contributed by atoms with van der Waals surface area (Å²) in [7, 11) is 0. The molecule has 4 aromatic rings. The van der Waals surface area contributed by atoms with Gasteiger partial charge in [-0.25, -0.2) is 4.79 Å². The van der Waals surface area contributed by atoms with E-state index in [-0.39, 0.29) is 11.7 Å². The number of aromatic nitrogens is 5. The Labute approximate surface area is 181 Å². The highest BCUT2D eigenvalue weighted by Crippen LogP contribution is 2.20. The smallest absolute Gasteiger partial charge is 0.338 e. The third-order valence-electron chi connectivity index (χ3n) is 4.21. The predicted octanol–water partition coefficient (Wildman–Crippen LogP) is 3.09. The van der Waals surface area contributed by atoms with Crippen molar-refractivity contribution in [2.45, 2.75) is 11.9 Å². The quantitative estimate of drug-likeness (QED) is 0.349. The van der Waals surface area contributed by atoms with Gasteiger partial charge in [-0.15, -0.1) is 10.2 Å². The Kier molecular flexibility index (Phi) is 6.18. The molecule has 10 heteroatoms. The van der Waals surface area contributed by atoms with Crippen LogP contribution in [0.15, 0.2) is 66.0 Å². The van der Waals surface area contributed by atoms with Gasteiger partial charge in [-0.3, -0.25) is 9.78 Å². The fourth-order valence-electron chi connectivity index (χ4n) is 2.77. The lowest BCUT2D eigenvalue weighted by molar-refractivity contribution is -0.113. The third-order valence-corrected chi connectivity index (χ3v) is 5.13. The van der Waals surface area contributed by atoms with Crippen LogP contribution in [-0.2, 0) is 9.53 Å². The SMILES string of the molecule is CCOC(=O)c1ccc(NC(=O)CSc2ccc3nnc(-c4ccncc4)n3n2)cc1. The number of carbonyl (C=O) groups is 2. The molecule has 0 aliphatic rings. The fraction of sp³-hybridized carbons (Fsp3) is 0.143. The van der Waals surface area contributed by atoms with Gasteiger partial charge in [-0.05, 0) is 55.5 Å². The fourth-order valence-corrected chi connectivity index (χ4v) is 3.43. The van der Waals surface area contributed by atoms with Gasteiger partial charge in [-0.1, -0.05) is 11.8 Å². The summed E-state index contributed by atoms with van der Waals surface area (Å²) in [6.07, 6.45) is 3.36.